The Bertz CT molecular complexity index is 846. The zero-order chi connectivity index (χ0) is 14.4. The fourth-order valence-corrected chi connectivity index (χ4v) is 2.71. The summed E-state index contributed by atoms with van der Waals surface area (Å²) >= 11 is 9.48. The van der Waals surface area contributed by atoms with Crippen LogP contribution in [0.15, 0.2) is 28.9 Å². The van der Waals surface area contributed by atoms with Gasteiger partial charge in [0.25, 0.3) is 0 Å². The largest absolute Gasteiger partial charge is 0.465 e. The highest BCUT2D eigenvalue weighted by atomic mass is 79.9. The molecule has 0 radical (unpaired) electrons. The Labute approximate surface area is 127 Å². The molecular weight excluding hydrogens is 346 g/mol. The van der Waals surface area contributed by atoms with Gasteiger partial charge in [0.05, 0.1) is 11.2 Å². The second-order valence-electron chi connectivity index (χ2n) is 4.36. The van der Waals surface area contributed by atoms with Crippen LogP contribution >= 0.6 is 27.5 Å². The molecule has 1 aromatic carbocycles. The summed E-state index contributed by atoms with van der Waals surface area (Å²) in [5.74, 6) is 0. The first-order chi connectivity index (χ1) is 9.47. The maximum atomic E-state index is 11.2. The Morgan fingerprint density at radius 1 is 1.40 bits per heavy atom. The second-order valence-corrected chi connectivity index (χ2v) is 5.72. The lowest BCUT2D eigenvalue weighted by Crippen LogP contribution is -2.24. The molecule has 2 heterocycles. The third-order valence-corrected chi connectivity index (χ3v) is 3.77. The van der Waals surface area contributed by atoms with Gasteiger partial charge < -0.3 is 10.1 Å². The maximum absolute atomic E-state index is 11.2. The monoisotopic (exact) mass is 353 g/mol. The van der Waals surface area contributed by atoms with Crippen molar-refractivity contribution in [3.05, 3.63) is 33.9 Å². The number of amides is 1. The zero-order valence-electron chi connectivity index (χ0n) is 10.3. The van der Waals surface area contributed by atoms with Crippen LogP contribution in [0, 0.1) is 0 Å². The van der Waals surface area contributed by atoms with Crippen molar-refractivity contribution < 1.29 is 9.90 Å². The average Bonchev–Trinajstić information content (AvgIpc) is 2.75. The number of anilines is 1. The summed E-state index contributed by atoms with van der Waals surface area (Å²) < 4.78 is 0.846. The predicted molar refractivity (Wildman–Crippen MR) is 82.7 cm³/mol. The summed E-state index contributed by atoms with van der Waals surface area (Å²) in [6, 6.07) is 5.33. The minimum atomic E-state index is -1.05. The molecule has 0 fully saturated rings. The van der Waals surface area contributed by atoms with Crippen LogP contribution < -0.4 is 4.90 Å². The molecule has 2 aromatic heterocycles. The number of rotatable bonds is 1. The van der Waals surface area contributed by atoms with Crippen molar-refractivity contribution in [1.82, 2.24) is 9.97 Å². The summed E-state index contributed by atoms with van der Waals surface area (Å²) in [7, 11) is 1.47. The number of hydrogen-bond donors (Lipinski definition) is 2. The van der Waals surface area contributed by atoms with Gasteiger partial charge in [0, 0.05) is 33.5 Å². The number of pyridine rings is 1. The molecule has 0 saturated carbocycles. The van der Waals surface area contributed by atoms with E-state index < -0.39 is 6.09 Å². The Kier molecular flexibility index (Phi) is 3.07. The van der Waals surface area contributed by atoms with E-state index in [1.807, 2.05) is 6.07 Å². The molecule has 0 unspecified atom stereocenters. The molecule has 0 aliphatic carbocycles. The van der Waals surface area contributed by atoms with Crippen LogP contribution in [0.4, 0.5) is 10.5 Å². The highest BCUT2D eigenvalue weighted by Crippen LogP contribution is 2.35. The standard InChI is InChI=1S/C13H9BrClN3O2/c1-18(13(19)20)10-4-7(15)3-8-9-2-6(14)5-16-12(9)17-11(8)10/h2-5H,1H3,(H,16,17)(H,19,20). The van der Waals surface area contributed by atoms with E-state index in [9.17, 15) is 4.79 Å². The number of nitrogens with one attached hydrogen (secondary N) is 1. The number of halogens is 2. The number of hydrogen-bond acceptors (Lipinski definition) is 2. The van der Waals surface area contributed by atoms with Gasteiger partial charge in [-0.2, -0.15) is 0 Å². The van der Waals surface area contributed by atoms with Crippen molar-refractivity contribution in [3.8, 4) is 0 Å². The van der Waals surface area contributed by atoms with Crippen LogP contribution in [-0.2, 0) is 0 Å². The number of fused-ring (bicyclic) bond motifs is 3. The van der Waals surface area contributed by atoms with Gasteiger partial charge in [-0.3, -0.25) is 4.90 Å². The van der Waals surface area contributed by atoms with E-state index in [0.29, 0.717) is 21.9 Å². The first-order valence-corrected chi connectivity index (χ1v) is 6.87. The average molecular weight is 355 g/mol. The minimum Gasteiger partial charge on any atom is -0.465 e. The third kappa shape index (κ3) is 2.01. The molecule has 5 nitrogen and oxygen atoms in total. The molecule has 2 N–H and O–H groups in total. The van der Waals surface area contributed by atoms with Crippen LogP contribution in [0.1, 0.15) is 0 Å². The molecule has 20 heavy (non-hydrogen) atoms. The lowest BCUT2D eigenvalue weighted by molar-refractivity contribution is 0.203. The van der Waals surface area contributed by atoms with Gasteiger partial charge in [-0.05, 0) is 34.1 Å². The highest BCUT2D eigenvalue weighted by molar-refractivity contribution is 9.10. The quantitative estimate of drug-likeness (QED) is 0.686. The second kappa shape index (κ2) is 4.64. The van der Waals surface area contributed by atoms with Crippen molar-refractivity contribution in [1.29, 1.82) is 0 Å². The third-order valence-electron chi connectivity index (χ3n) is 3.12. The van der Waals surface area contributed by atoms with E-state index in [4.69, 9.17) is 16.7 Å². The van der Waals surface area contributed by atoms with E-state index >= 15 is 0 Å². The number of carboxylic acid groups (broad SMARTS) is 1. The molecule has 3 aromatic rings. The van der Waals surface area contributed by atoms with Crippen molar-refractivity contribution >= 4 is 61.2 Å². The summed E-state index contributed by atoms with van der Waals surface area (Å²) in [6.07, 6.45) is 0.626. The van der Waals surface area contributed by atoms with E-state index in [-0.39, 0.29) is 0 Å². The Hall–Kier alpha value is -1.79. The smallest absolute Gasteiger partial charge is 0.411 e. The molecule has 3 rings (SSSR count). The van der Waals surface area contributed by atoms with Gasteiger partial charge >= 0.3 is 6.09 Å². The fraction of sp³-hybridized carbons (Fsp3) is 0.0769. The molecule has 0 spiro atoms. The van der Waals surface area contributed by atoms with E-state index in [0.717, 1.165) is 20.1 Å². The SMILES string of the molecule is CN(C(=O)O)c1cc(Cl)cc2c1[nH]c1ncc(Br)cc12. The van der Waals surface area contributed by atoms with Crippen LogP contribution in [0.2, 0.25) is 5.02 Å². The normalized spacial score (nSPS) is 11.2. The Morgan fingerprint density at radius 2 is 2.15 bits per heavy atom. The molecule has 7 heteroatoms. The van der Waals surface area contributed by atoms with Crippen LogP contribution in [0.25, 0.3) is 21.9 Å². The summed E-state index contributed by atoms with van der Waals surface area (Å²) in [6.45, 7) is 0. The molecule has 0 aliphatic heterocycles. The number of aromatic amines is 1. The number of aromatic nitrogens is 2. The lowest BCUT2D eigenvalue weighted by Gasteiger charge is -2.14. The fourth-order valence-electron chi connectivity index (χ4n) is 2.17. The van der Waals surface area contributed by atoms with E-state index in [1.54, 1.807) is 18.3 Å². The minimum absolute atomic E-state index is 0.474. The van der Waals surface area contributed by atoms with Gasteiger partial charge in [0.1, 0.15) is 5.65 Å². The number of nitrogens with zero attached hydrogens (tertiary/aromatic N) is 2. The van der Waals surface area contributed by atoms with Crippen LogP contribution in [0.3, 0.4) is 0 Å². The molecule has 0 bridgehead atoms. The van der Waals surface area contributed by atoms with Gasteiger partial charge in [-0.15, -0.1) is 0 Å². The highest BCUT2D eigenvalue weighted by Gasteiger charge is 2.17. The van der Waals surface area contributed by atoms with Crippen molar-refractivity contribution in [2.45, 2.75) is 0 Å². The molecule has 0 atom stereocenters. The van der Waals surface area contributed by atoms with E-state index in [2.05, 4.69) is 25.9 Å². The molecule has 102 valence electrons. The summed E-state index contributed by atoms with van der Waals surface area (Å²) in [5.41, 5.74) is 1.87. The summed E-state index contributed by atoms with van der Waals surface area (Å²) in [5, 5.41) is 11.3. The first kappa shape index (κ1) is 13.2. The Morgan fingerprint density at radius 3 is 2.85 bits per heavy atom. The Balaban J connectivity index is 2.42. The van der Waals surface area contributed by atoms with Gasteiger partial charge in [-0.25, -0.2) is 9.78 Å². The molecule has 1 amide bonds. The lowest BCUT2D eigenvalue weighted by atomic mass is 10.1. The number of benzene rings is 1. The zero-order valence-corrected chi connectivity index (χ0v) is 12.7. The van der Waals surface area contributed by atoms with Crippen molar-refractivity contribution in [2.75, 3.05) is 11.9 Å². The van der Waals surface area contributed by atoms with Crippen molar-refractivity contribution in [2.24, 2.45) is 0 Å². The molecular formula is C13H9BrClN3O2. The van der Waals surface area contributed by atoms with Crippen molar-refractivity contribution in [3.63, 3.8) is 0 Å². The van der Waals surface area contributed by atoms with Crippen LogP contribution in [-0.4, -0.2) is 28.2 Å². The summed E-state index contributed by atoms with van der Waals surface area (Å²) in [4.78, 5) is 19.7. The van der Waals surface area contributed by atoms with E-state index in [1.165, 1.54) is 7.05 Å². The number of H-pyrrole nitrogens is 1. The van der Waals surface area contributed by atoms with Gasteiger partial charge in [0.2, 0.25) is 0 Å². The van der Waals surface area contributed by atoms with Gasteiger partial charge in [-0.1, -0.05) is 11.6 Å². The maximum Gasteiger partial charge on any atom is 0.411 e. The predicted octanol–water partition coefficient (Wildman–Crippen LogP) is 4.25. The van der Waals surface area contributed by atoms with Gasteiger partial charge in [0.15, 0.2) is 0 Å². The number of carbonyl (C=O) groups is 1. The van der Waals surface area contributed by atoms with Crippen LogP contribution in [0.5, 0.6) is 0 Å². The molecule has 0 saturated heterocycles. The first-order valence-electron chi connectivity index (χ1n) is 5.70. The molecule has 0 aliphatic rings. The topological polar surface area (TPSA) is 69.2 Å².